The van der Waals surface area contributed by atoms with E-state index in [1.807, 2.05) is 6.92 Å². The monoisotopic (exact) mass is 195 g/mol. The lowest BCUT2D eigenvalue weighted by Crippen LogP contribution is -1.83. The van der Waals surface area contributed by atoms with Gasteiger partial charge in [-0.1, -0.05) is 0 Å². The Labute approximate surface area is 80.2 Å². The number of hydrogen-bond acceptors (Lipinski definition) is 2. The maximum absolute atomic E-state index is 12.6. The summed E-state index contributed by atoms with van der Waals surface area (Å²) in [4.78, 5) is 12.7. The predicted octanol–water partition coefficient (Wildman–Crippen LogP) is 0.883. The van der Waals surface area contributed by atoms with Crippen molar-refractivity contribution in [1.82, 2.24) is 9.38 Å². The van der Waals surface area contributed by atoms with Gasteiger partial charge in [0.15, 0.2) is 0 Å². The summed E-state index contributed by atoms with van der Waals surface area (Å²) in [5, 5.41) is 0. The fourth-order valence-electron chi connectivity index (χ4n) is 1.09. The molecule has 0 fully saturated rings. The lowest BCUT2D eigenvalue weighted by atomic mass is 10.5. The maximum atomic E-state index is 12.6. The van der Waals surface area contributed by atoms with E-state index in [4.69, 9.17) is 4.79 Å². The minimum Gasteiger partial charge on any atom is -0.372 e. The van der Waals surface area contributed by atoms with Crippen molar-refractivity contribution in [1.29, 1.82) is 0 Å². The Balaban J connectivity index is 0.000000293. The van der Waals surface area contributed by atoms with Crippen LogP contribution in [0.3, 0.4) is 0 Å². The summed E-state index contributed by atoms with van der Waals surface area (Å²) in [7, 11) is 0. The van der Waals surface area contributed by atoms with E-state index in [1.54, 1.807) is 16.7 Å². The number of aryl methyl sites for hydroxylation is 1. The number of imidazole rings is 1. The van der Waals surface area contributed by atoms with Crippen LogP contribution in [0.25, 0.3) is 5.65 Å². The van der Waals surface area contributed by atoms with Crippen LogP contribution in [0.1, 0.15) is 5.69 Å². The van der Waals surface area contributed by atoms with Crippen molar-refractivity contribution in [3.8, 4) is 0 Å². The van der Waals surface area contributed by atoms with Crippen LogP contribution >= 0.6 is 0 Å². The van der Waals surface area contributed by atoms with E-state index >= 15 is 0 Å². The van der Waals surface area contributed by atoms with Gasteiger partial charge in [0.05, 0.1) is 5.69 Å². The van der Waals surface area contributed by atoms with Crippen LogP contribution < -0.4 is 5.73 Å². The van der Waals surface area contributed by atoms with Crippen LogP contribution in [0.15, 0.2) is 24.5 Å². The molecule has 74 valence electrons. The van der Waals surface area contributed by atoms with Crippen LogP contribution in [0.2, 0.25) is 0 Å². The van der Waals surface area contributed by atoms with E-state index in [1.165, 1.54) is 12.3 Å². The van der Waals surface area contributed by atoms with Gasteiger partial charge >= 0.3 is 0 Å². The van der Waals surface area contributed by atoms with Gasteiger partial charge in [-0.3, -0.25) is 4.79 Å². The highest BCUT2D eigenvalue weighted by Crippen LogP contribution is 2.05. The van der Waals surface area contributed by atoms with Gasteiger partial charge in [-0.05, 0) is 19.1 Å². The molecule has 0 saturated carbocycles. The van der Waals surface area contributed by atoms with Crippen molar-refractivity contribution >= 4 is 12.1 Å². The topological polar surface area (TPSA) is 60.4 Å². The van der Waals surface area contributed by atoms with E-state index < -0.39 is 0 Å². The van der Waals surface area contributed by atoms with Gasteiger partial charge in [-0.15, -0.1) is 0 Å². The largest absolute Gasteiger partial charge is 0.372 e. The first-order chi connectivity index (χ1) is 6.67. The second kappa shape index (κ2) is 4.36. The minimum absolute atomic E-state index is 0.241. The first-order valence-corrected chi connectivity index (χ1v) is 3.93. The van der Waals surface area contributed by atoms with Crippen molar-refractivity contribution in [2.75, 3.05) is 0 Å². The summed E-state index contributed by atoms with van der Waals surface area (Å²) in [6.07, 6.45) is 3.45. The van der Waals surface area contributed by atoms with Crippen molar-refractivity contribution in [2.45, 2.75) is 6.92 Å². The van der Waals surface area contributed by atoms with E-state index in [9.17, 15) is 4.39 Å². The number of nitrogens with two attached hydrogens (primary N) is 1. The molecule has 0 radical (unpaired) electrons. The van der Waals surface area contributed by atoms with Crippen molar-refractivity contribution < 1.29 is 9.18 Å². The summed E-state index contributed by atoms with van der Waals surface area (Å²) >= 11 is 0. The summed E-state index contributed by atoms with van der Waals surface area (Å²) in [6, 6.07) is 3.06. The highest BCUT2D eigenvalue weighted by molar-refractivity contribution is 5.42. The Hall–Kier alpha value is -1.91. The molecule has 0 aromatic carbocycles. The molecular weight excluding hydrogens is 185 g/mol. The summed E-state index contributed by atoms with van der Waals surface area (Å²) in [5.41, 5.74) is 5.85. The quantitative estimate of drug-likeness (QED) is 0.634. The normalized spacial score (nSPS) is 9.29. The highest BCUT2D eigenvalue weighted by atomic mass is 19.1. The first kappa shape index (κ1) is 10.2. The molecule has 2 rings (SSSR count). The standard InChI is InChI=1S/C8H7FN2.CH3NO/c1-6-4-11-5-7(9)2-3-8(11)10-6;2-1-3/h2-5H,1H3;1H,(H2,2,3). The molecule has 0 bridgehead atoms. The second-order valence-corrected chi connectivity index (χ2v) is 2.63. The van der Waals surface area contributed by atoms with E-state index in [2.05, 4.69) is 10.7 Å². The van der Waals surface area contributed by atoms with Crippen LogP contribution in [0.5, 0.6) is 0 Å². The third kappa shape index (κ3) is 2.29. The zero-order valence-electron chi connectivity index (χ0n) is 7.64. The van der Waals surface area contributed by atoms with Crippen LogP contribution in [0.4, 0.5) is 4.39 Å². The van der Waals surface area contributed by atoms with Gasteiger partial charge in [0.25, 0.3) is 0 Å². The molecule has 0 unspecified atom stereocenters. The number of aromatic nitrogens is 2. The summed E-state index contributed by atoms with van der Waals surface area (Å²) in [5.74, 6) is -0.241. The first-order valence-electron chi connectivity index (χ1n) is 3.93. The number of pyridine rings is 1. The molecule has 0 spiro atoms. The SMILES string of the molecule is Cc1cn2cc(F)ccc2n1.NC=O. The molecule has 1 amide bonds. The number of nitrogens with zero attached hydrogens (tertiary/aromatic N) is 2. The molecule has 0 aliphatic heterocycles. The lowest BCUT2D eigenvalue weighted by Gasteiger charge is -1.90. The minimum atomic E-state index is -0.241. The van der Waals surface area contributed by atoms with Gasteiger partial charge < -0.3 is 10.1 Å². The fraction of sp³-hybridized carbons (Fsp3) is 0.111. The summed E-state index contributed by atoms with van der Waals surface area (Å²) in [6.45, 7) is 1.88. The van der Waals surface area contributed by atoms with E-state index in [0.29, 0.717) is 0 Å². The number of primary amides is 1. The molecule has 2 N–H and O–H groups in total. The molecule has 2 aromatic rings. The Kier molecular flexibility index (Phi) is 3.17. The number of amides is 1. The van der Waals surface area contributed by atoms with E-state index in [-0.39, 0.29) is 12.2 Å². The molecule has 5 heteroatoms. The second-order valence-electron chi connectivity index (χ2n) is 2.63. The van der Waals surface area contributed by atoms with Crippen molar-refractivity contribution in [3.05, 3.63) is 36.0 Å². The third-order valence-corrected chi connectivity index (χ3v) is 1.54. The van der Waals surface area contributed by atoms with Gasteiger partial charge in [0, 0.05) is 12.4 Å². The third-order valence-electron chi connectivity index (χ3n) is 1.54. The zero-order chi connectivity index (χ0) is 10.6. The predicted molar refractivity (Wildman–Crippen MR) is 50.1 cm³/mol. The fourth-order valence-corrected chi connectivity index (χ4v) is 1.09. The van der Waals surface area contributed by atoms with Gasteiger partial charge in [-0.25, -0.2) is 9.37 Å². The Morgan fingerprint density at radius 1 is 1.50 bits per heavy atom. The Bertz CT molecular complexity index is 439. The molecule has 0 atom stereocenters. The van der Waals surface area contributed by atoms with Crippen LogP contribution in [0, 0.1) is 12.7 Å². The Morgan fingerprint density at radius 3 is 2.79 bits per heavy atom. The number of hydrogen-bond donors (Lipinski definition) is 1. The molecule has 0 aliphatic carbocycles. The van der Waals surface area contributed by atoms with Crippen LogP contribution in [-0.2, 0) is 4.79 Å². The zero-order valence-corrected chi connectivity index (χ0v) is 7.64. The molecule has 4 nitrogen and oxygen atoms in total. The number of carbonyl (C=O) groups is 1. The number of halogens is 1. The highest BCUT2D eigenvalue weighted by Gasteiger charge is 1.96. The average Bonchev–Trinajstić information content (AvgIpc) is 2.45. The number of rotatable bonds is 0. The lowest BCUT2D eigenvalue weighted by molar-refractivity contribution is -0.106. The average molecular weight is 195 g/mol. The molecule has 0 aliphatic rings. The number of fused-ring (bicyclic) bond motifs is 1. The molecular formula is C9H10FN3O. The van der Waals surface area contributed by atoms with Gasteiger partial charge in [0.1, 0.15) is 11.5 Å². The van der Waals surface area contributed by atoms with Crippen molar-refractivity contribution in [2.24, 2.45) is 5.73 Å². The van der Waals surface area contributed by atoms with Gasteiger partial charge in [0.2, 0.25) is 6.41 Å². The molecule has 2 aromatic heterocycles. The number of carbonyl (C=O) groups excluding carboxylic acids is 1. The van der Waals surface area contributed by atoms with Crippen molar-refractivity contribution in [3.63, 3.8) is 0 Å². The summed E-state index contributed by atoms with van der Waals surface area (Å²) < 4.78 is 14.3. The maximum Gasteiger partial charge on any atom is 0.204 e. The van der Waals surface area contributed by atoms with Gasteiger partial charge in [-0.2, -0.15) is 0 Å². The van der Waals surface area contributed by atoms with E-state index in [0.717, 1.165) is 11.3 Å². The molecule has 14 heavy (non-hydrogen) atoms. The molecule has 2 heterocycles. The smallest absolute Gasteiger partial charge is 0.204 e. The van der Waals surface area contributed by atoms with Crippen LogP contribution in [-0.4, -0.2) is 15.8 Å². The molecule has 0 saturated heterocycles. The Morgan fingerprint density at radius 2 is 2.14 bits per heavy atom.